The van der Waals surface area contributed by atoms with E-state index in [1.165, 1.54) is 24.5 Å². The van der Waals surface area contributed by atoms with Gasteiger partial charge in [-0.3, -0.25) is 14.4 Å². The van der Waals surface area contributed by atoms with Crippen molar-refractivity contribution < 1.29 is 34.1 Å². The Hall–Kier alpha value is -4.61. The average molecular weight is 457 g/mol. The predicted molar refractivity (Wildman–Crippen MR) is 118 cm³/mol. The first-order chi connectivity index (χ1) is 15.8. The molecule has 0 saturated carbocycles. The number of hydrogen-bond donors (Lipinski definition) is 6. The largest absolute Gasteiger partial charge is 0.482 e. The molecule has 0 aromatic heterocycles. The second-order valence-electron chi connectivity index (χ2n) is 6.66. The number of aliphatic carboxylic acids is 2. The normalized spacial score (nSPS) is 11.4. The minimum atomic E-state index is -1.17. The highest BCUT2D eigenvalue weighted by Gasteiger charge is 2.19. The van der Waals surface area contributed by atoms with Gasteiger partial charge in [-0.15, -0.1) is 0 Å². The summed E-state index contributed by atoms with van der Waals surface area (Å²) in [4.78, 5) is 46.7. The van der Waals surface area contributed by atoms with Crippen molar-refractivity contribution in [2.24, 2.45) is 10.9 Å². The number of benzene rings is 2. The summed E-state index contributed by atoms with van der Waals surface area (Å²) in [6.45, 7) is -0.965. The van der Waals surface area contributed by atoms with Gasteiger partial charge in [-0.05, 0) is 35.9 Å². The summed E-state index contributed by atoms with van der Waals surface area (Å²) in [6.07, 6.45) is 0.813. The molecule has 2 aromatic rings. The molecule has 0 fully saturated rings. The summed E-state index contributed by atoms with van der Waals surface area (Å²) in [5, 5.41) is 29.0. The van der Waals surface area contributed by atoms with Crippen LogP contribution in [0.2, 0.25) is 0 Å². The van der Waals surface area contributed by atoms with Crippen LogP contribution in [-0.2, 0) is 14.4 Å². The van der Waals surface area contributed by atoms with E-state index in [0.29, 0.717) is 11.3 Å². The number of anilines is 1. The average Bonchev–Trinajstić information content (AvgIpc) is 2.79. The number of ether oxygens (including phenoxy) is 1. The fourth-order valence-electron chi connectivity index (χ4n) is 2.76. The van der Waals surface area contributed by atoms with Crippen molar-refractivity contribution in [1.29, 1.82) is 0 Å². The Morgan fingerprint density at radius 3 is 2.52 bits per heavy atom. The molecule has 7 N–H and O–H groups in total. The van der Waals surface area contributed by atoms with Crippen LogP contribution >= 0.6 is 0 Å². The Balaban J connectivity index is 2.01. The highest BCUT2D eigenvalue weighted by atomic mass is 16.5. The van der Waals surface area contributed by atoms with E-state index in [2.05, 4.69) is 21.1 Å². The number of nitrogens with zero attached hydrogens (tertiary/aromatic N) is 1. The molecule has 0 aliphatic carbocycles. The van der Waals surface area contributed by atoms with Crippen LogP contribution in [0, 0.1) is 0 Å². The van der Waals surface area contributed by atoms with E-state index in [4.69, 9.17) is 15.7 Å². The van der Waals surface area contributed by atoms with Crippen molar-refractivity contribution in [3.63, 3.8) is 0 Å². The zero-order chi connectivity index (χ0) is 24.2. The highest BCUT2D eigenvalue weighted by Crippen LogP contribution is 2.22. The Bertz CT molecular complexity index is 1040. The molecule has 1 unspecified atom stereocenters. The van der Waals surface area contributed by atoms with E-state index in [1.54, 1.807) is 30.3 Å². The molecule has 0 heterocycles. The van der Waals surface area contributed by atoms with Crippen molar-refractivity contribution in [2.75, 3.05) is 18.5 Å². The van der Waals surface area contributed by atoms with Gasteiger partial charge in [-0.1, -0.05) is 18.2 Å². The second-order valence-corrected chi connectivity index (χ2v) is 6.66. The van der Waals surface area contributed by atoms with Crippen molar-refractivity contribution in [1.82, 2.24) is 10.6 Å². The number of hydrogen-bond acceptors (Lipinski definition) is 7. The van der Waals surface area contributed by atoms with Crippen LogP contribution in [0.25, 0.3) is 0 Å². The third kappa shape index (κ3) is 8.57. The Morgan fingerprint density at radius 1 is 1.06 bits per heavy atom. The molecule has 0 radical (unpaired) electrons. The smallest absolute Gasteiger partial charge is 0.341 e. The van der Waals surface area contributed by atoms with Crippen LogP contribution in [0.3, 0.4) is 0 Å². The van der Waals surface area contributed by atoms with Gasteiger partial charge in [-0.2, -0.15) is 5.10 Å². The molecule has 0 aliphatic rings. The van der Waals surface area contributed by atoms with E-state index < -0.39 is 49.4 Å². The lowest BCUT2D eigenvalue weighted by atomic mass is 10.0. The van der Waals surface area contributed by atoms with Gasteiger partial charge in [0, 0.05) is 11.3 Å². The van der Waals surface area contributed by atoms with Crippen molar-refractivity contribution >= 4 is 35.8 Å². The Morgan fingerprint density at radius 2 is 1.82 bits per heavy atom. The zero-order valence-corrected chi connectivity index (χ0v) is 17.4. The third-order valence-corrected chi connectivity index (χ3v) is 4.18. The number of rotatable bonds is 12. The molecular formula is C21H23N5O7. The molecule has 12 nitrogen and oxygen atoms in total. The summed E-state index contributed by atoms with van der Waals surface area (Å²) in [5.41, 5.74) is 1.25. The van der Waals surface area contributed by atoms with Crippen LogP contribution in [0.4, 0.5) is 5.69 Å². The predicted octanol–water partition coefficient (Wildman–Crippen LogP) is 0.526. The lowest BCUT2D eigenvalue weighted by Gasteiger charge is -2.18. The molecule has 33 heavy (non-hydrogen) atoms. The summed E-state index contributed by atoms with van der Waals surface area (Å²) in [6, 6.07) is 11.5. The van der Waals surface area contributed by atoms with Crippen molar-refractivity contribution in [3.05, 3.63) is 59.7 Å². The van der Waals surface area contributed by atoms with E-state index in [1.807, 2.05) is 0 Å². The molecule has 2 rings (SSSR count). The van der Waals surface area contributed by atoms with E-state index >= 15 is 0 Å². The lowest BCUT2D eigenvalue weighted by Crippen LogP contribution is -2.39. The van der Waals surface area contributed by atoms with Crippen molar-refractivity contribution in [2.45, 2.75) is 12.5 Å². The third-order valence-electron chi connectivity index (χ3n) is 4.18. The van der Waals surface area contributed by atoms with Gasteiger partial charge in [0.2, 0.25) is 5.91 Å². The van der Waals surface area contributed by atoms with Gasteiger partial charge in [0.1, 0.15) is 12.1 Å². The molecule has 0 aliphatic heterocycles. The molecule has 0 saturated heterocycles. The molecule has 2 amide bonds. The maximum absolute atomic E-state index is 12.4. The minimum Gasteiger partial charge on any atom is -0.482 e. The topological polar surface area (TPSA) is 192 Å². The molecule has 2 aromatic carbocycles. The fourth-order valence-corrected chi connectivity index (χ4v) is 2.76. The number of nitrogens with two attached hydrogens (primary N) is 1. The number of amides is 2. The highest BCUT2D eigenvalue weighted by molar-refractivity contribution is 5.97. The first kappa shape index (κ1) is 24.7. The SMILES string of the molecule is NN=CNc1cccc(C(=O)NCC(=O)NC(CC(=O)O)c2cccc(OCC(=O)O)c2)c1. The van der Waals surface area contributed by atoms with Gasteiger partial charge in [-0.25, -0.2) is 4.79 Å². The van der Waals surface area contributed by atoms with Crippen LogP contribution in [0.1, 0.15) is 28.4 Å². The number of hydrazone groups is 1. The molecular weight excluding hydrogens is 434 g/mol. The maximum Gasteiger partial charge on any atom is 0.341 e. The summed E-state index contributed by atoms with van der Waals surface area (Å²) >= 11 is 0. The lowest BCUT2D eigenvalue weighted by molar-refractivity contribution is -0.139. The van der Waals surface area contributed by atoms with Crippen LogP contribution < -0.4 is 26.5 Å². The summed E-state index contributed by atoms with van der Waals surface area (Å²) < 4.78 is 5.09. The maximum atomic E-state index is 12.4. The zero-order valence-electron chi connectivity index (χ0n) is 17.4. The van der Waals surface area contributed by atoms with Crippen LogP contribution in [0.15, 0.2) is 53.6 Å². The van der Waals surface area contributed by atoms with E-state index in [0.717, 1.165) is 0 Å². The number of carbonyl (C=O) groups is 4. The number of carboxylic acids is 2. The molecule has 0 bridgehead atoms. The van der Waals surface area contributed by atoms with Gasteiger partial charge >= 0.3 is 11.9 Å². The monoisotopic (exact) mass is 457 g/mol. The van der Waals surface area contributed by atoms with Crippen molar-refractivity contribution in [3.8, 4) is 5.75 Å². The number of carbonyl (C=O) groups excluding carboxylic acids is 2. The minimum absolute atomic E-state index is 0.209. The molecule has 12 heteroatoms. The first-order valence-electron chi connectivity index (χ1n) is 9.60. The molecule has 1 atom stereocenters. The summed E-state index contributed by atoms with van der Waals surface area (Å²) in [5.74, 6) is 1.77. The second kappa shape index (κ2) is 12.3. The standard InChI is InChI=1S/C21H23N5O7/c22-25-12-24-15-5-1-4-14(7-15)21(32)23-10-18(27)26-17(9-19(28)29)13-3-2-6-16(8-13)33-11-20(30)31/h1-8,12,17H,9-11,22H2,(H,23,32)(H,24,25)(H,26,27)(H,28,29)(H,30,31). The summed E-state index contributed by atoms with van der Waals surface area (Å²) in [7, 11) is 0. The fraction of sp³-hybridized carbons (Fsp3) is 0.190. The van der Waals surface area contributed by atoms with Gasteiger partial charge in [0.15, 0.2) is 6.61 Å². The van der Waals surface area contributed by atoms with Gasteiger partial charge in [0.25, 0.3) is 5.91 Å². The van der Waals surface area contributed by atoms with Gasteiger partial charge in [0.05, 0.1) is 19.0 Å². The van der Waals surface area contributed by atoms with E-state index in [-0.39, 0.29) is 11.3 Å². The number of carboxylic acid groups (broad SMARTS) is 2. The van der Waals surface area contributed by atoms with Crippen LogP contribution in [-0.4, -0.2) is 53.5 Å². The Kier molecular flexibility index (Phi) is 9.19. The Labute approximate surface area is 188 Å². The number of nitrogens with one attached hydrogen (secondary N) is 3. The molecule has 0 spiro atoms. The first-order valence-corrected chi connectivity index (χ1v) is 9.60. The molecule has 174 valence electrons. The quantitative estimate of drug-likeness (QED) is 0.114. The van der Waals surface area contributed by atoms with Crippen LogP contribution in [0.5, 0.6) is 5.75 Å². The van der Waals surface area contributed by atoms with E-state index in [9.17, 15) is 24.3 Å². The van der Waals surface area contributed by atoms with Gasteiger partial charge < -0.3 is 36.7 Å².